The largest absolute Gasteiger partial charge is 0.345 e. The second kappa shape index (κ2) is 4.89. The molecule has 0 aliphatic carbocycles. The van der Waals surface area contributed by atoms with Crippen LogP contribution < -0.4 is 5.32 Å². The second-order valence-electron chi connectivity index (χ2n) is 3.91. The van der Waals surface area contributed by atoms with E-state index in [2.05, 4.69) is 28.9 Å². The first kappa shape index (κ1) is 11.5. The van der Waals surface area contributed by atoms with Crippen molar-refractivity contribution in [2.24, 2.45) is 0 Å². The molecule has 0 bridgehead atoms. The van der Waals surface area contributed by atoms with Crippen LogP contribution in [0, 0.1) is 0 Å². The maximum Gasteiger partial charge on any atom is 0.0499 e. The van der Waals surface area contributed by atoms with Crippen LogP contribution in [0.3, 0.4) is 0 Å². The second-order valence-corrected chi connectivity index (χ2v) is 4.31. The van der Waals surface area contributed by atoms with Crippen LogP contribution in [0.5, 0.6) is 0 Å². The molecule has 3 heteroatoms. The van der Waals surface area contributed by atoms with E-state index >= 15 is 0 Å². The summed E-state index contributed by atoms with van der Waals surface area (Å²) in [5.74, 6) is 0. The average molecular weight is 237 g/mol. The van der Waals surface area contributed by atoms with Crippen LogP contribution in [-0.4, -0.2) is 18.2 Å². The van der Waals surface area contributed by atoms with Crippen molar-refractivity contribution < 1.29 is 0 Å². The fourth-order valence-electron chi connectivity index (χ4n) is 2.14. The number of fused-ring (bicyclic) bond motifs is 1. The van der Waals surface area contributed by atoms with Gasteiger partial charge in [0, 0.05) is 41.1 Å². The van der Waals surface area contributed by atoms with Crippen LogP contribution in [0.1, 0.15) is 12.6 Å². The highest BCUT2D eigenvalue weighted by molar-refractivity contribution is 6.35. The van der Waals surface area contributed by atoms with Crippen molar-refractivity contribution in [2.45, 2.75) is 19.9 Å². The Morgan fingerprint density at radius 3 is 2.88 bits per heavy atom. The van der Waals surface area contributed by atoms with Crippen molar-refractivity contribution in [3.63, 3.8) is 0 Å². The Morgan fingerprint density at radius 2 is 2.19 bits per heavy atom. The normalized spacial score (nSPS) is 11.2. The van der Waals surface area contributed by atoms with Gasteiger partial charge in [-0.15, -0.1) is 0 Å². The lowest BCUT2D eigenvalue weighted by molar-refractivity contribution is 0.700. The molecule has 86 valence electrons. The van der Waals surface area contributed by atoms with Gasteiger partial charge in [-0.25, -0.2) is 0 Å². The minimum atomic E-state index is 0.843. The van der Waals surface area contributed by atoms with Crippen molar-refractivity contribution in [3.8, 4) is 0 Å². The Labute approximate surface area is 101 Å². The first-order valence-electron chi connectivity index (χ1n) is 5.69. The van der Waals surface area contributed by atoms with Gasteiger partial charge < -0.3 is 9.88 Å². The van der Waals surface area contributed by atoms with Crippen LogP contribution >= 0.6 is 11.6 Å². The zero-order chi connectivity index (χ0) is 11.5. The minimum Gasteiger partial charge on any atom is -0.345 e. The number of halogens is 1. The highest BCUT2D eigenvalue weighted by Gasteiger charge is 2.08. The summed E-state index contributed by atoms with van der Waals surface area (Å²) in [6.07, 6.45) is 1.04. The number of hydrogen-bond donors (Lipinski definition) is 1. The molecule has 0 saturated carbocycles. The number of nitrogens with one attached hydrogen (secondary N) is 1. The molecule has 0 atom stereocenters. The molecular formula is C13H17ClN2. The van der Waals surface area contributed by atoms with Crippen LogP contribution in [0.15, 0.2) is 24.3 Å². The van der Waals surface area contributed by atoms with Crippen molar-refractivity contribution in [1.29, 1.82) is 0 Å². The highest BCUT2D eigenvalue weighted by Crippen LogP contribution is 2.27. The summed E-state index contributed by atoms with van der Waals surface area (Å²) in [4.78, 5) is 0. The van der Waals surface area contributed by atoms with E-state index in [9.17, 15) is 0 Å². The number of benzene rings is 1. The predicted molar refractivity (Wildman–Crippen MR) is 70.3 cm³/mol. The summed E-state index contributed by atoms with van der Waals surface area (Å²) in [5.41, 5.74) is 2.58. The molecule has 1 heterocycles. The SMILES string of the molecule is CCn1c(CCNC)cc2c(Cl)cccc21. The predicted octanol–water partition coefficient (Wildman–Crippen LogP) is 3.08. The Hall–Kier alpha value is -0.990. The fourth-order valence-corrected chi connectivity index (χ4v) is 2.36. The van der Waals surface area contributed by atoms with Gasteiger partial charge in [0.25, 0.3) is 0 Å². The Balaban J connectivity index is 2.52. The Bertz CT molecular complexity index is 488. The molecule has 0 saturated heterocycles. The molecule has 0 aliphatic rings. The third kappa shape index (κ3) is 1.95. The monoisotopic (exact) mass is 236 g/mol. The van der Waals surface area contributed by atoms with Crippen LogP contribution in [0.25, 0.3) is 10.9 Å². The molecule has 1 aromatic heterocycles. The minimum absolute atomic E-state index is 0.843. The van der Waals surface area contributed by atoms with E-state index < -0.39 is 0 Å². The van der Waals surface area contributed by atoms with Crippen LogP contribution in [0.4, 0.5) is 0 Å². The van der Waals surface area contributed by atoms with Gasteiger partial charge in [0.1, 0.15) is 0 Å². The zero-order valence-electron chi connectivity index (χ0n) is 9.76. The van der Waals surface area contributed by atoms with Crippen molar-refractivity contribution in [1.82, 2.24) is 9.88 Å². The number of aryl methyl sites for hydroxylation is 1. The highest BCUT2D eigenvalue weighted by atomic mass is 35.5. The quantitative estimate of drug-likeness (QED) is 0.864. The van der Waals surface area contributed by atoms with E-state index in [4.69, 9.17) is 11.6 Å². The molecule has 1 aromatic carbocycles. The number of nitrogens with zero attached hydrogens (tertiary/aromatic N) is 1. The van der Waals surface area contributed by atoms with Gasteiger partial charge >= 0.3 is 0 Å². The van der Waals surface area contributed by atoms with Gasteiger partial charge in [-0.05, 0) is 32.2 Å². The summed E-state index contributed by atoms with van der Waals surface area (Å²) >= 11 is 6.20. The van der Waals surface area contributed by atoms with E-state index in [0.717, 1.165) is 29.9 Å². The number of rotatable bonds is 4. The number of aromatic nitrogens is 1. The molecule has 2 nitrogen and oxygen atoms in total. The van der Waals surface area contributed by atoms with Gasteiger partial charge in [0.15, 0.2) is 0 Å². The van der Waals surface area contributed by atoms with Gasteiger partial charge in [0.2, 0.25) is 0 Å². The maximum atomic E-state index is 6.20. The Kier molecular flexibility index (Phi) is 3.52. The van der Waals surface area contributed by atoms with Crippen molar-refractivity contribution in [2.75, 3.05) is 13.6 Å². The molecular weight excluding hydrogens is 220 g/mol. The lowest BCUT2D eigenvalue weighted by atomic mass is 10.2. The molecule has 16 heavy (non-hydrogen) atoms. The summed E-state index contributed by atoms with van der Waals surface area (Å²) in [5, 5.41) is 5.19. The lowest BCUT2D eigenvalue weighted by Crippen LogP contribution is -2.12. The maximum absolute atomic E-state index is 6.20. The van der Waals surface area contributed by atoms with Gasteiger partial charge in [0.05, 0.1) is 0 Å². The van der Waals surface area contributed by atoms with Crippen molar-refractivity contribution in [3.05, 3.63) is 35.0 Å². The number of likely N-dealkylation sites (N-methyl/N-ethyl adjacent to an activating group) is 1. The summed E-state index contributed by atoms with van der Waals surface area (Å²) in [6, 6.07) is 8.30. The molecule has 0 radical (unpaired) electrons. The smallest absolute Gasteiger partial charge is 0.0499 e. The van der Waals surface area contributed by atoms with Gasteiger partial charge in [-0.2, -0.15) is 0 Å². The summed E-state index contributed by atoms with van der Waals surface area (Å²) < 4.78 is 2.33. The van der Waals surface area contributed by atoms with Gasteiger partial charge in [-0.1, -0.05) is 17.7 Å². The molecule has 0 amide bonds. The fraction of sp³-hybridized carbons (Fsp3) is 0.385. The zero-order valence-corrected chi connectivity index (χ0v) is 10.5. The average Bonchev–Trinajstić information content (AvgIpc) is 2.65. The summed E-state index contributed by atoms with van der Waals surface area (Å²) in [7, 11) is 1.98. The van der Waals surface area contributed by atoms with E-state index in [0.29, 0.717) is 0 Å². The Morgan fingerprint density at radius 1 is 1.38 bits per heavy atom. The standard InChI is InChI=1S/C13H17ClN2/c1-3-16-10(7-8-15-2)9-11-12(14)5-4-6-13(11)16/h4-6,9,15H,3,7-8H2,1-2H3. The molecule has 0 fully saturated rings. The van der Waals surface area contributed by atoms with E-state index in [1.54, 1.807) is 0 Å². The first-order valence-corrected chi connectivity index (χ1v) is 6.07. The third-order valence-corrected chi connectivity index (χ3v) is 3.26. The van der Waals surface area contributed by atoms with Crippen molar-refractivity contribution >= 4 is 22.5 Å². The van der Waals surface area contributed by atoms with Crippen LogP contribution in [-0.2, 0) is 13.0 Å². The van der Waals surface area contributed by atoms with Crippen LogP contribution in [0.2, 0.25) is 5.02 Å². The molecule has 2 rings (SSSR count). The lowest BCUT2D eigenvalue weighted by Gasteiger charge is -2.07. The van der Waals surface area contributed by atoms with E-state index in [1.165, 1.54) is 11.2 Å². The molecule has 0 unspecified atom stereocenters. The van der Waals surface area contributed by atoms with Gasteiger partial charge in [-0.3, -0.25) is 0 Å². The van der Waals surface area contributed by atoms with E-state index in [-0.39, 0.29) is 0 Å². The first-order chi connectivity index (χ1) is 7.77. The molecule has 0 aliphatic heterocycles. The molecule has 0 spiro atoms. The third-order valence-electron chi connectivity index (χ3n) is 2.93. The topological polar surface area (TPSA) is 17.0 Å². The van der Waals surface area contributed by atoms with E-state index in [1.807, 2.05) is 19.2 Å². The molecule has 1 N–H and O–H groups in total. The number of hydrogen-bond acceptors (Lipinski definition) is 1. The summed E-state index contributed by atoms with van der Waals surface area (Å²) in [6.45, 7) is 4.15. The molecule has 2 aromatic rings.